The molecule has 2 heterocycles. The van der Waals surface area contributed by atoms with Gasteiger partial charge in [0.1, 0.15) is 5.69 Å². The smallest absolute Gasteiger partial charge is 0.237 e. The summed E-state index contributed by atoms with van der Waals surface area (Å²) in [5.74, 6) is 1.83. The van der Waals surface area contributed by atoms with Crippen molar-refractivity contribution < 1.29 is 4.52 Å². The van der Waals surface area contributed by atoms with E-state index >= 15 is 0 Å². The third-order valence-electron chi connectivity index (χ3n) is 1.82. The number of nitrogens with zero attached hydrogens (tertiary/aromatic N) is 4. The Kier molecular flexibility index (Phi) is 3.96. The Morgan fingerprint density at radius 1 is 1.47 bits per heavy atom. The number of nitriles is 1. The molecule has 0 aromatic carbocycles. The summed E-state index contributed by atoms with van der Waals surface area (Å²) in [5, 5.41) is 12.8. The van der Waals surface area contributed by atoms with Gasteiger partial charge in [-0.15, -0.1) is 11.8 Å². The summed E-state index contributed by atoms with van der Waals surface area (Å²) in [7, 11) is 0. The van der Waals surface area contributed by atoms with Gasteiger partial charge >= 0.3 is 0 Å². The highest BCUT2D eigenvalue weighted by atomic mass is 35.5. The molecular formula is C10H7ClN4OS. The van der Waals surface area contributed by atoms with Crippen LogP contribution in [-0.4, -0.2) is 20.9 Å². The van der Waals surface area contributed by atoms with Crippen LogP contribution in [0.15, 0.2) is 22.9 Å². The normalized spacial score (nSPS) is 10.1. The molecule has 2 aromatic rings. The zero-order valence-electron chi connectivity index (χ0n) is 8.63. The molecular weight excluding hydrogens is 260 g/mol. The van der Waals surface area contributed by atoms with Crippen LogP contribution < -0.4 is 0 Å². The maximum Gasteiger partial charge on any atom is 0.237 e. The number of hydrogen-bond acceptors (Lipinski definition) is 6. The van der Waals surface area contributed by atoms with Crippen molar-refractivity contribution in [2.45, 2.75) is 5.75 Å². The predicted octanol–water partition coefficient (Wildman–Crippen LogP) is 2.54. The molecule has 0 unspecified atom stereocenters. The Labute approximate surface area is 107 Å². The van der Waals surface area contributed by atoms with Crippen molar-refractivity contribution in [3.05, 3.63) is 29.2 Å². The van der Waals surface area contributed by atoms with E-state index in [2.05, 4.69) is 15.1 Å². The molecule has 0 aliphatic heterocycles. The highest BCUT2D eigenvalue weighted by Gasteiger charge is 2.09. The molecule has 2 aromatic heterocycles. The third-order valence-corrected chi connectivity index (χ3v) is 2.82. The summed E-state index contributed by atoms with van der Waals surface area (Å²) in [6.45, 7) is 0. The molecule has 0 atom stereocenters. The Balaban J connectivity index is 2.08. The minimum absolute atomic E-state index is 0.400. The lowest BCUT2D eigenvalue weighted by Gasteiger charge is -1.92. The summed E-state index contributed by atoms with van der Waals surface area (Å²) in [6, 6.07) is 5.46. The molecule has 2 rings (SSSR count). The number of thioether (sulfide) groups is 1. The summed E-state index contributed by atoms with van der Waals surface area (Å²) in [5.41, 5.74) is 0.606. The van der Waals surface area contributed by atoms with Gasteiger partial charge in [-0.05, 0) is 12.1 Å². The second kappa shape index (κ2) is 5.66. The van der Waals surface area contributed by atoms with Crippen LogP contribution in [0.2, 0.25) is 5.02 Å². The van der Waals surface area contributed by atoms with Gasteiger partial charge in [0.2, 0.25) is 11.7 Å². The standard InChI is InChI=1S/C10H7ClN4OS/c11-7-1-2-8(13-5-7)10-14-9(16-15-10)6-17-4-3-12/h1-2,5H,4,6H2. The predicted molar refractivity (Wildman–Crippen MR) is 64.3 cm³/mol. The fraction of sp³-hybridized carbons (Fsp3) is 0.200. The van der Waals surface area contributed by atoms with Gasteiger partial charge in [-0.1, -0.05) is 16.8 Å². The van der Waals surface area contributed by atoms with Crippen molar-refractivity contribution >= 4 is 23.4 Å². The van der Waals surface area contributed by atoms with Crippen LogP contribution in [0.1, 0.15) is 5.89 Å². The molecule has 86 valence electrons. The number of aromatic nitrogens is 3. The van der Waals surface area contributed by atoms with Crippen LogP contribution in [0.4, 0.5) is 0 Å². The van der Waals surface area contributed by atoms with Crippen molar-refractivity contribution in [3.63, 3.8) is 0 Å². The maximum atomic E-state index is 8.39. The minimum atomic E-state index is 0.400. The van der Waals surface area contributed by atoms with Gasteiger partial charge in [-0.2, -0.15) is 10.2 Å². The number of hydrogen-bond donors (Lipinski definition) is 0. The number of rotatable bonds is 4. The molecule has 0 spiro atoms. The summed E-state index contributed by atoms with van der Waals surface area (Å²) in [6.07, 6.45) is 1.53. The average molecular weight is 267 g/mol. The van der Waals surface area contributed by atoms with Gasteiger partial charge in [0.25, 0.3) is 0 Å². The second-order valence-corrected chi connectivity index (χ2v) is 4.45. The first-order valence-electron chi connectivity index (χ1n) is 4.69. The first-order chi connectivity index (χ1) is 8.29. The van der Waals surface area contributed by atoms with Gasteiger partial charge in [-0.3, -0.25) is 4.98 Å². The van der Waals surface area contributed by atoms with Crippen LogP contribution >= 0.6 is 23.4 Å². The van der Waals surface area contributed by atoms with Crippen molar-refractivity contribution in [3.8, 4) is 17.6 Å². The van der Waals surface area contributed by atoms with E-state index in [1.165, 1.54) is 18.0 Å². The van der Waals surface area contributed by atoms with E-state index < -0.39 is 0 Å². The van der Waals surface area contributed by atoms with Gasteiger partial charge in [0, 0.05) is 6.20 Å². The molecule has 0 bridgehead atoms. The van der Waals surface area contributed by atoms with Crippen LogP contribution in [0.3, 0.4) is 0 Å². The topological polar surface area (TPSA) is 75.6 Å². The van der Waals surface area contributed by atoms with Gasteiger partial charge in [0.05, 0.1) is 22.6 Å². The maximum absolute atomic E-state index is 8.39. The lowest BCUT2D eigenvalue weighted by atomic mass is 10.3. The zero-order valence-corrected chi connectivity index (χ0v) is 10.2. The molecule has 17 heavy (non-hydrogen) atoms. The Morgan fingerprint density at radius 3 is 3.06 bits per heavy atom. The van der Waals surface area contributed by atoms with Crippen molar-refractivity contribution in [1.82, 2.24) is 15.1 Å². The van der Waals surface area contributed by atoms with Crippen LogP contribution in [0.25, 0.3) is 11.5 Å². The molecule has 0 saturated heterocycles. The minimum Gasteiger partial charge on any atom is -0.338 e. The first-order valence-corrected chi connectivity index (χ1v) is 6.22. The molecule has 0 N–H and O–H groups in total. The van der Waals surface area contributed by atoms with Crippen molar-refractivity contribution in [2.24, 2.45) is 0 Å². The van der Waals surface area contributed by atoms with Gasteiger partial charge < -0.3 is 4.52 Å². The van der Waals surface area contributed by atoms with E-state index in [1.807, 2.05) is 6.07 Å². The SMILES string of the molecule is N#CCSCc1nc(-c2ccc(Cl)cn2)no1. The quantitative estimate of drug-likeness (QED) is 0.792. The molecule has 0 radical (unpaired) electrons. The van der Waals surface area contributed by atoms with Crippen LogP contribution in [0.5, 0.6) is 0 Å². The number of pyridine rings is 1. The molecule has 0 saturated carbocycles. The summed E-state index contributed by atoms with van der Waals surface area (Å²) >= 11 is 7.15. The Morgan fingerprint density at radius 2 is 2.35 bits per heavy atom. The van der Waals surface area contributed by atoms with E-state index in [1.54, 1.807) is 12.1 Å². The lowest BCUT2D eigenvalue weighted by molar-refractivity contribution is 0.391. The van der Waals surface area contributed by atoms with Crippen molar-refractivity contribution in [1.29, 1.82) is 5.26 Å². The third kappa shape index (κ3) is 3.19. The van der Waals surface area contributed by atoms with Crippen LogP contribution in [0, 0.1) is 11.3 Å². The highest BCUT2D eigenvalue weighted by molar-refractivity contribution is 7.98. The molecule has 7 heteroatoms. The monoisotopic (exact) mass is 266 g/mol. The van der Waals surface area contributed by atoms with Gasteiger partial charge in [-0.25, -0.2) is 0 Å². The van der Waals surface area contributed by atoms with E-state index in [-0.39, 0.29) is 0 Å². The largest absolute Gasteiger partial charge is 0.338 e. The molecule has 0 aliphatic rings. The van der Waals surface area contributed by atoms with E-state index in [0.29, 0.717) is 33.9 Å². The molecule has 0 aliphatic carbocycles. The lowest BCUT2D eigenvalue weighted by Crippen LogP contribution is -1.86. The average Bonchev–Trinajstić information content (AvgIpc) is 2.79. The fourth-order valence-corrected chi connectivity index (χ4v) is 1.71. The van der Waals surface area contributed by atoms with Crippen LogP contribution in [-0.2, 0) is 5.75 Å². The number of halogens is 1. The van der Waals surface area contributed by atoms with Gasteiger partial charge in [0.15, 0.2) is 0 Å². The van der Waals surface area contributed by atoms with E-state index in [9.17, 15) is 0 Å². The summed E-state index contributed by atoms with van der Waals surface area (Å²) < 4.78 is 5.03. The molecule has 0 fully saturated rings. The Hall–Kier alpha value is -1.58. The van der Waals surface area contributed by atoms with E-state index in [0.717, 1.165) is 0 Å². The van der Waals surface area contributed by atoms with Crippen molar-refractivity contribution in [2.75, 3.05) is 5.75 Å². The van der Waals surface area contributed by atoms with E-state index in [4.69, 9.17) is 21.4 Å². The molecule has 0 amide bonds. The second-order valence-electron chi connectivity index (χ2n) is 3.02. The Bertz CT molecular complexity index is 534. The fourth-order valence-electron chi connectivity index (χ4n) is 1.11. The summed E-state index contributed by atoms with van der Waals surface area (Å²) in [4.78, 5) is 8.25. The zero-order chi connectivity index (χ0) is 12.1. The highest BCUT2D eigenvalue weighted by Crippen LogP contribution is 2.17. The first kappa shape index (κ1) is 11.9. The molecule has 5 nitrogen and oxygen atoms in total.